The van der Waals surface area contributed by atoms with Gasteiger partial charge in [-0.15, -0.1) is 0 Å². The van der Waals surface area contributed by atoms with E-state index in [1.807, 2.05) is 49.0 Å². The van der Waals surface area contributed by atoms with E-state index in [1.54, 1.807) is 6.20 Å². The third kappa shape index (κ3) is 3.29. The fraction of sp³-hybridized carbons (Fsp3) is 0.333. The average molecular weight is 242 g/mol. The molecule has 0 atom stereocenters. The van der Waals surface area contributed by atoms with Gasteiger partial charge in [-0.3, -0.25) is 9.48 Å². The van der Waals surface area contributed by atoms with E-state index in [0.717, 1.165) is 17.7 Å². The fourth-order valence-electron chi connectivity index (χ4n) is 1.94. The normalized spacial score (nSPS) is 10.6. The summed E-state index contributed by atoms with van der Waals surface area (Å²) in [5.41, 5.74) is 3.42. The molecule has 0 saturated carbocycles. The largest absolute Gasteiger partial charge is 0.299 e. The maximum atomic E-state index is 11.9. The van der Waals surface area contributed by atoms with Crippen molar-refractivity contribution >= 4 is 5.78 Å². The Hall–Kier alpha value is -1.90. The van der Waals surface area contributed by atoms with Crippen LogP contribution in [0.2, 0.25) is 0 Å². The number of carbonyl (C=O) groups excluding carboxylic acids is 1. The molecule has 1 aromatic carbocycles. The minimum atomic E-state index is 0.278. The molecule has 0 aliphatic rings. The van der Waals surface area contributed by atoms with Crippen molar-refractivity contribution in [3.05, 3.63) is 53.3 Å². The van der Waals surface area contributed by atoms with Crippen LogP contribution < -0.4 is 0 Å². The molecule has 0 unspecified atom stereocenters. The molecule has 94 valence electrons. The summed E-state index contributed by atoms with van der Waals surface area (Å²) in [4.78, 5) is 11.9. The van der Waals surface area contributed by atoms with Gasteiger partial charge in [0.15, 0.2) is 0 Å². The molecule has 0 bridgehead atoms. The maximum Gasteiger partial charge on any atom is 0.137 e. The van der Waals surface area contributed by atoms with Gasteiger partial charge in [-0.1, -0.05) is 29.8 Å². The zero-order chi connectivity index (χ0) is 13.0. The quantitative estimate of drug-likeness (QED) is 0.807. The number of ketones is 1. The van der Waals surface area contributed by atoms with Crippen LogP contribution in [0.4, 0.5) is 0 Å². The fourth-order valence-corrected chi connectivity index (χ4v) is 1.94. The van der Waals surface area contributed by atoms with Gasteiger partial charge in [0.05, 0.1) is 0 Å². The first-order valence-corrected chi connectivity index (χ1v) is 6.19. The van der Waals surface area contributed by atoms with Crippen LogP contribution in [0.3, 0.4) is 0 Å². The predicted molar refractivity (Wildman–Crippen MR) is 71.4 cm³/mol. The second-order valence-electron chi connectivity index (χ2n) is 4.65. The maximum absolute atomic E-state index is 11.9. The monoisotopic (exact) mass is 242 g/mol. The lowest BCUT2D eigenvalue weighted by atomic mass is 10.0. The molecule has 0 fully saturated rings. The van der Waals surface area contributed by atoms with Crippen LogP contribution in [0.5, 0.6) is 0 Å². The van der Waals surface area contributed by atoms with Gasteiger partial charge in [-0.2, -0.15) is 5.10 Å². The van der Waals surface area contributed by atoms with E-state index in [9.17, 15) is 4.79 Å². The molecular formula is C15H18N2O. The van der Waals surface area contributed by atoms with Crippen LogP contribution in [-0.2, 0) is 24.7 Å². The van der Waals surface area contributed by atoms with Gasteiger partial charge in [0.25, 0.3) is 0 Å². The lowest BCUT2D eigenvalue weighted by molar-refractivity contribution is -0.118. The third-order valence-corrected chi connectivity index (χ3v) is 3.10. The lowest BCUT2D eigenvalue weighted by Crippen LogP contribution is -2.06. The SMILES string of the molecule is Cc1ccc(CC(=O)CCc2ccnn2C)cc1. The highest BCUT2D eigenvalue weighted by Gasteiger charge is 2.06. The Bertz CT molecular complexity index is 526. The van der Waals surface area contributed by atoms with E-state index in [4.69, 9.17) is 0 Å². The number of Topliss-reactive ketones (excluding diaryl/α,β-unsaturated/α-hetero) is 1. The van der Waals surface area contributed by atoms with Gasteiger partial charge in [-0.05, 0) is 25.0 Å². The van der Waals surface area contributed by atoms with Crippen molar-refractivity contribution in [2.45, 2.75) is 26.2 Å². The highest BCUT2D eigenvalue weighted by atomic mass is 16.1. The number of aryl methyl sites for hydroxylation is 3. The molecule has 3 nitrogen and oxygen atoms in total. The summed E-state index contributed by atoms with van der Waals surface area (Å²) in [6, 6.07) is 10.1. The first-order valence-electron chi connectivity index (χ1n) is 6.19. The summed E-state index contributed by atoms with van der Waals surface area (Å²) in [5, 5.41) is 4.09. The number of nitrogens with zero attached hydrogens (tertiary/aromatic N) is 2. The van der Waals surface area contributed by atoms with Gasteiger partial charge in [0.1, 0.15) is 5.78 Å². The summed E-state index contributed by atoms with van der Waals surface area (Å²) in [7, 11) is 1.90. The predicted octanol–water partition coefficient (Wildman–Crippen LogP) is 2.47. The molecule has 0 radical (unpaired) electrons. The summed E-state index contributed by atoms with van der Waals surface area (Å²) in [6.07, 6.45) is 3.63. The highest BCUT2D eigenvalue weighted by Crippen LogP contribution is 2.07. The van der Waals surface area contributed by atoms with Crippen molar-refractivity contribution in [2.75, 3.05) is 0 Å². The Morgan fingerprint density at radius 3 is 2.56 bits per heavy atom. The van der Waals surface area contributed by atoms with Gasteiger partial charge in [0.2, 0.25) is 0 Å². The number of hydrogen-bond donors (Lipinski definition) is 0. The molecule has 0 aliphatic heterocycles. The van der Waals surface area contributed by atoms with E-state index in [0.29, 0.717) is 12.8 Å². The molecule has 0 spiro atoms. The summed E-state index contributed by atoms with van der Waals surface area (Å²) in [6.45, 7) is 2.05. The van der Waals surface area contributed by atoms with E-state index >= 15 is 0 Å². The molecular weight excluding hydrogens is 224 g/mol. The Labute approximate surface area is 107 Å². The summed E-state index contributed by atoms with van der Waals surface area (Å²) >= 11 is 0. The molecule has 18 heavy (non-hydrogen) atoms. The number of rotatable bonds is 5. The Morgan fingerprint density at radius 1 is 1.22 bits per heavy atom. The Kier molecular flexibility index (Phi) is 3.92. The third-order valence-electron chi connectivity index (χ3n) is 3.10. The van der Waals surface area contributed by atoms with Gasteiger partial charge < -0.3 is 0 Å². The molecule has 1 aromatic heterocycles. The second-order valence-corrected chi connectivity index (χ2v) is 4.65. The molecule has 0 saturated heterocycles. The van der Waals surface area contributed by atoms with Crippen LogP contribution in [-0.4, -0.2) is 15.6 Å². The molecule has 0 aliphatic carbocycles. The van der Waals surface area contributed by atoms with Crippen molar-refractivity contribution in [2.24, 2.45) is 7.05 Å². The van der Waals surface area contributed by atoms with Crippen LogP contribution in [0, 0.1) is 6.92 Å². The van der Waals surface area contributed by atoms with E-state index in [1.165, 1.54) is 5.56 Å². The van der Waals surface area contributed by atoms with E-state index < -0.39 is 0 Å². The molecule has 2 aromatic rings. The van der Waals surface area contributed by atoms with Crippen molar-refractivity contribution in [1.82, 2.24) is 9.78 Å². The molecule has 3 heteroatoms. The summed E-state index contributed by atoms with van der Waals surface area (Å²) in [5.74, 6) is 0.278. The van der Waals surface area contributed by atoms with Crippen molar-refractivity contribution in [3.8, 4) is 0 Å². The number of carbonyl (C=O) groups is 1. The van der Waals surface area contributed by atoms with Crippen LogP contribution in [0.25, 0.3) is 0 Å². The zero-order valence-electron chi connectivity index (χ0n) is 10.9. The molecule has 1 heterocycles. The highest BCUT2D eigenvalue weighted by molar-refractivity contribution is 5.81. The molecule has 0 N–H and O–H groups in total. The number of benzene rings is 1. The summed E-state index contributed by atoms with van der Waals surface area (Å²) < 4.78 is 1.82. The zero-order valence-corrected chi connectivity index (χ0v) is 10.9. The Morgan fingerprint density at radius 2 is 1.94 bits per heavy atom. The minimum absolute atomic E-state index is 0.278. The van der Waals surface area contributed by atoms with E-state index in [-0.39, 0.29) is 5.78 Å². The topological polar surface area (TPSA) is 34.9 Å². The second kappa shape index (κ2) is 5.63. The number of hydrogen-bond acceptors (Lipinski definition) is 2. The van der Waals surface area contributed by atoms with E-state index in [2.05, 4.69) is 5.10 Å². The van der Waals surface area contributed by atoms with Gasteiger partial charge >= 0.3 is 0 Å². The Balaban J connectivity index is 1.86. The van der Waals surface area contributed by atoms with Gasteiger partial charge in [-0.25, -0.2) is 0 Å². The molecule has 2 rings (SSSR count). The average Bonchev–Trinajstić information content (AvgIpc) is 2.75. The first-order chi connectivity index (χ1) is 8.65. The minimum Gasteiger partial charge on any atom is -0.299 e. The van der Waals surface area contributed by atoms with Crippen LogP contribution >= 0.6 is 0 Å². The number of aromatic nitrogens is 2. The van der Waals surface area contributed by atoms with Gasteiger partial charge in [0, 0.05) is 31.8 Å². The lowest BCUT2D eigenvalue weighted by Gasteiger charge is -2.03. The first kappa shape index (κ1) is 12.6. The van der Waals surface area contributed by atoms with Crippen LogP contribution in [0.1, 0.15) is 23.2 Å². The van der Waals surface area contributed by atoms with Crippen molar-refractivity contribution < 1.29 is 4.79 Å². The smallest absolute Gasteiger partial charge is 0.137 e. The van der Waals surface area contributed by atoms with Crippen molar-refractivity contribution in [1.29, 1.82) is 0 Å². The standard InChI is InChI=1S/C15H18N2O/c1-12-3-5-13(6-4-12)11-15(18)8-7-14-9-10-16-17(14)2/h3-6,9-10H,7-8,11H2,1-2H3. The van der Waals surface area contributed by atoms with Crippen LogP contribution in [0.15, 0.2) is 36.5 Å². The van der Waals surface area contributed by atoms with Crippen molar-refractivity contribution in [3.63, 3.8) is 0 Å². The molecule has 0 amide bonds.